The van der Waals surface area contributed by atoms with Crippen LogP contribution < -0.4 is 14.8 Å². The van der Waals surface area contributed by atoms with Gasteiger partial charge in [-0.25, -0.2) is 0 Å². The van der Waals surface area contributed by atoms with Gasteiger partial charge >= 0.3 is 0 Å². The van der Waals surface area contributed by atoms with Crippen molar-refractivity contribution in [3.05, 3.63) is 54.1 Å². The molecule has 0 radical (unpaired) electrons. The summed E-state index contributed by atoms with van der Waals surface area (Å²) in [6.07, 6.45) is 1.50. The van der Waals surface area contributed by atoms with Crippen molar-refractivity contribution in [3.63, 3.8) is 0 Å². The lowest BCUT2D eigenvalue weighted by Gasteiger charge is -2.20. The quantitative estimate of drug-likeness (QED) is 0.695. The largest absolute Gasteiger partial charge is 0.494 e. The Labute approximate surface area is 156 Å². The fraction of sp³-hybridized carbons (Fsp3) is 0.211. The first-order valence-electron chi connectivity index (χ1n) is 8.32. The average Bonchev–Trinajstić information content (AvgIpc) is 2.84. The maximum absolute atomic E-state index is 6.21. The molecule has 0 aliphatic carbocycles. The summed E-state index contributed by atoms with van der Waals surface area (Å²) in [6, 6.07) is 15.8. The molecule has 0 saturated carbocycles. The van der Waals surface area contributed by atoms with Gasteiger partial charge in [-0.15, -0.1) is 10.2 Å². The molecule has 1 atom stereocenters. The van der Waals surface area contributed by atoms with Crippen LogP contribution in [0.2, 0.25) is 0 Å². The number of nitrogens with one attached hydrogen (secondary N) is 1. The second kappa shape index (κ2) is 7.21. The van der Waals surface area contributed by atoms with Gasteiger partial charge in [-0.1, -0.05) is 42.1 Å². The fourth-order valence-corrected chi connectivity index (χ4v) is 3.12. The normalized spacial score (nSPS) is 15.1. The first kappa shape index (κ1) is 16.7. The number of para-hydroxylation sites is 1. The van der Waals surface area contributed by atoms with E-state index in [9.17, 15) is 0 Å². The van der Waals surface area contributed by atoms with Gasteiger partial charge in [0.05, 0.1) is 6.61 Å². The molecule has 1 aliphatic heterocycles. The minimum atomic E-state index is -0.413. The summed E-state index contributed by atoms with van der Waals surface area (Å²) in [7, 11) is 0. The van der Waals surface area contributed by atoms with Crippen LogP contribution >= 0.6 is 11.8 Å². The molecular formula is C19H18N4O2S. The molecule has 0 saturated heterocycles. The van der Waals surface area contributed by atoms with E-state index in [1.54, 1.807) is 0 Å². The van der Waals surface area contributed by atoms with Gasteiger partial charge in [-0.05, 0) is 31.4 Å². The maximum Gasteiger partial charge on any atom is 0.247 e. The molecule has 0 bridgehead atoms. The number of hydrogen-bond acceptors (Lipinski definition) is 7. The highest BCUT2D eigenvalue weighted by molar-refractivity contribution is 7.98. The minimum Gasteiger partial charge on any atom is -0.494 e. The Kier molecular flexibility index (Phi) is 4.62. The summed E-state index contributed by atoms with van der Waals surface area (Å²) in [5, 5.41) is 12.5. The number of ether oxygens (including phenoxy) is 2. The molecular weight excluding hydrogens is 348 g/mol. The molecule has 4 rings (SSSR count). The minimum absolute atomic E-state index is 0.413. The van der Waals surface area contributed by atoms with Crippen LogP contribution in [0.1, 0.15) is 18.7 Å². The van der Waals surface area contributed by atoms with E-state index in [0.29, 0.717) is 23.3 Å². The first-order chi connectivity index (χ1) is 12.8. The van der Waals surface area contributed by atoms with E-state index < -0.39 is 6.23 Å². The second-order valence-corrected chi connectivity index (χ2v) is 6.42. The van der Waals surface area contributed by atoms with E-state index in [-0.39, 0.29) is 0 Å². The Hall–Kier alpha value is -2.80. The van der Waals surface area contributed by atoms with Crippen molar-refractivity contribution in [1.82, 2.24) is 15.2 Å². The first-order valence-corrected chi connectivity index (χ1v) is 9.55. The highest BCUT2D eigenvalue weighted by Crippen LogP contribution is 2.39. The van der Waals surface area contributed by atoms with Crippen molar-refractivity contribution >= 4 is 17.4 Å². The van der Waals surface area contributed by atoms with Crippen LogP contribution in [0.4, 0.5) is 5.69 Å². The topological polar surface area (TPSA) is 69.2 Å². The van der Waals surface area contributed by atoms with Gasteiger partial charge in [0.1, 0.15) is 5.75 Å². The highest BCUT2D eigenvalue weighted by Gasteiger charge is 2.26. The molecule has 0 fully saturated rings. The monoisotopic (exact) mass is 366 g/mol. The molecule has 1 N–H and O–H groups in total. The molecule has 2 heterocycles. The standard InChI is InChI=1S/C19H18N4O2S/c1-3-24-13-8-6-7-12(11-13)17-20-15-10-5-4-9-14(15)16-18(25-17)21-19(26-2)23-22-16/h4-11,17,20H,3H2,1-2H3. The van der Waals surface area contributed by atoms with Crippen LogP contribution in [0.25, 0.3) is 11.3 Å². The second-order valence-electron chi connectivity index (χ2n) is 5.65. The molecule has 6 nitrogen and oxygen atoms in total. The summed E-state index contributed by atoms with van der Waals surface area (Å²) in [5.74, 6) is 1.27. The number of nitrogens with zero attached hydrogens (tertiary/aromatic N) is 3. The summed E-state index contributed by atoms with van der Waals surface area (Å²) < 4.78 is 11.8. The molecule has 0 spiro atoms. The van der Waals surface area contributed by atoms with Crippen molar-refractivity contribution < 1.29 is 9.47 Å². The number of thioether (sulfide) groups is 1. The van der Waals surface area contributed by atoms with E-state index in [1.807, 2.05) is 61.7 Å². The van der Waals surface area contributed by atoms with Gasteiger partial charge < -0.3 is 14.8 Å². The molecule has 1 aromatic heterocycles. The number of anilines is 1. The highest BCUT2D eigenvalue weighted by atomic mass is 32.2. The molecule has 7 heteroatoms. The van der Waals surface area contributed by atoms with Crippen LogP contribution in [0, 0.1) is 0 Å². The SMILES string of the molecule is CCOc1cccc(C2Nc3ccccc3-c3nnc(SC)nc3O2)c1. The third-order valence-electron chi connectivity index (χ3n) is 3.99. The predicted molar refractivity (Wildman–Crippen MR) is 102 cm³/mol. The van der Waals surface area contributed by atoms with E-state index in [1.165, 1.54) is 11.8 Å². The van der Waals surface area contributed by atoms with Gasteiger partial charge in [-0.2, -0.15) is 4.98 Å². The van der Waals surface area contributed by atoms with E-state index >= 15 is 0 Å². The van der Waals surface area contributed by atoms with E-state index in [0.717, 1.165) is 22.6 Å². The lowest BCUT2D eigenvalue weighted by Crippen LogP contribution is -2.17. The average molecular weight is 366 g/mol. The Balaban J connectivity index is 1.80. The van der Waals surface area contributed by atoms with Crippen molar-refractivity contribution in [3.8, 4) is 22.9 Å². The van der Waals surface area contributed by atoms with Gasteiger partial charge in [-0.3, -0.25) is 0 Å². The molecule has 1 aliphatic rings. The number of rotatable bonds is 4. The van der Waals surface area contributed by atoms with E-state index in [4.69, 9.17) is 9.47 Å². The Morgan fingerprint density at radius 2 is 2.04 bits per heavy atom. The van der Waals surface area contributed by atoms with Crippen LogP contribution in [0.3, 0.4) is 0 Å². The van der Waals surface area contributed by atoms with E-state index in [2.05, 4.69) is 20.5 Å². The Morgan fingerprint density at radius 1 is 1.15 bits per heavy atom. The summed E-state index contributed by atoms with van der Waals surface area (Å²) in [6.45, 7) is 2.58. The predicted octanol–water partition coefficient (Wildman–Crippen LogP) is 4.16. The molecule has 1 unspecified atom stereocenters. The smallest absolute Gasteiger partial charge is 0.247 e. The zero-order valence-electron chi connectivity index (χ0n) is 14.5. The lowest BCUT2D eigenvalue weighted by molar-refractivity contribution is 0.224. The van der Waals surface area contributed by atoms with Crippen molar-refractivity contribution in [1.29, 1.82) is 0 Å². The van der Waals surface area contributed by atoms with Crippen molar-refractivity contribution in [2.24, 2.45) is 0 Å². The summed E-state index contributed by atoms with van der Waals surface area (Å²) in [5.41, 5.74) is 3.42. The number of aromatic nitrogens is 3. The number of fused-ring (bicyclic) bond motifs is 3. The van der Waals surface area contributed by atoms with Crippen LogP contribution in [-0.4, -0.2) is 28.0 Å². The van der Waals surface area contributed by atoms with Crippen LogP contribution in [0.15, 0.2) is 53.7 Å². The Morgan fingerprint density at radius 3 is 2.88 bits per heavy atom. The number of benzene rings is 2. The van der Waals surface area contributed by atoms with Crippen molar-refractivity contribution in [2.45, 2.75) is 18.3 Å². The van der Waals surface area contributed by atoms with Gasteiger partial charge in [0.15, 0.2) is 11.9 Å². The zero-order chi connectivity index (χ0) is 17.9. The Bertz CT molecular complexity index is 935. The molecule has 2 aromatic carbocycles. The molecule has 132 valence electrons. The third kappa shape index (κ3) is 3.17. The lowest BCUT2D eigenvalue weighted by atomic mass is 10.1. The number of hydrogen-bond donors (Lipinski definition) is 1. The van der Waals surface area contributed by atoms with Crippen molar-refractivity contribution in [2.75, 3.05) is 18.2 Å². The summed E-state index contributed by atoms with van der Waals surface area (Å²) >= 11 is 1.43. The van der Waals surface area contributed by atoms with Crippen LogP contribution in [-0.2, 0) is 0 Å². The third-order valence-corrected chi connectivity index (χ3v) is 4.53. The van der Waals surface area contributed by atoms with Gasteiger partial charge in [0, 0.05) is 16.8 Å². The van der Waals surface area contributed by atoms with Crippen LogP contribution in [0.5, 0.6) is 11.6 Å². The maximum atomic E-state index is 6.21. The fourth-order valence-electron chi connectivity index (χ4n) is 2.82. The molecule has 3 aromatic rings. The molecule has 0 amide bonds. The summed E-state index contributed by atoms with van der Waals surface area (Å²) in [4.78, 5) is 4.52. The van der Waals surface area contributed by atoms with Gasteiger partial charge in [0.25, 0.3) is 0 Å². The van der Waals surface area contributed by atoms with Gasteiger partial charge in [0.2, 0.25) is 11.0 Å². The zero-order valence-corrected chi connectivity index (χ0v) is 15.3. The molecule has 26 heavy (non-hydrogen) atoms.